The van der Waals surface area contributed by atoms with Crippen LogP contribution in [0.25, 0.3) is 0 Å². The van der Waals surface area contributed by atoms with E-state index in [-0.39, 0.29) is 5.92 Å². The molecule has 0 bridgehead atoms. The highest BCUT2D eigenvalue weighted by Crippen LogP contribution is 2.31. The van der Waals surface area contributed by atoms with Gasteiger partial charge in [0.25, 0.3) is 0 Å². The number of hydrogen-bond donors (Lipinski definition) is 0. The smallest absolute Gasteiger partial charge is 0.0700 e. The molecule has 42 valence electrons. The lowest BCUT2D eigenvalue weighted by molar-refractivity contribution is 0.542. The zero-order valence-corrected chi connectivity index (χ0v) is 5.02. The Morgan fingerprint density at radius 2 is 2.62 bits per heavy atom. The molecule has 0 saturated heterocycles. The first-order valence-electron chi connectivity index (χ1n) is 2.93. The van der Waals surface area contributed by atoms with Crippen LogP contribution in [0, 0.1) is 17.2 Å². The summed E-state index contributed by atoms with van der Waals surface area (Å²) in [4.78, 5) is 0. The van der Waals surface area contributed by atoms with Crippen molar-refractivity contribution in [2.75, 3.05) is 0 Å². The van der Waals surface area contributed by atoms with Gasteiger partial charge in [-0.2, -0.15) is 5.26 Å². The lowest BCUT2D eigenvalue weighted by Crippen LogP contribution is -2.12. The molecule has 0 N–H and O–H groups in total. The molecule has 0 aromatic rings. The zero-order valence-electron chi connectivity index (χ0n) is 5.02. The molecule has 1 heteroatoms. The Balaban J connectivity index is 2.53. The van der Waals surface area contributed by atoms with Crippen LogP contribution in [0.5, 0.6) is 0 Å². The van der Waals surface area contributed by atoms with E-state index in [1.54, 1.807) is 0 Å². The summed E-state index contributed by atoms with van der Waals surface area (Å²) in [6, 6.07) is 2.23. The van der Waals surface area contributed by atoms with Crippen LogP contribution in [0.2, 0.25) is 0 Å². The maximum Gasteiger partial charge on any atom is 0.0700 e. The van der Waals surface area contributed by atoms with Crippen LogP contribution in [0.3, 0.4) is 0 Å². The normalized spacial score (nSPS) is 31.5. The minimum atomic E-state index is 0.264. The van der Waals surface area contributed by atoms with Crippen molar-refractivity contribution in [3.63, 3.8) is 0 Å². The van der Waals surface area contributed by atoms with Crippen molar-refractivity contribution in [3.05, 3.63) is 11.6 Å². The van der Waals surface area contributed by atoms with Gasteiger partial charge in [0.2, 0.25) is 0 Å². The Kier molecular flexibility index (Phi) is 1.34. The Morgan fingerprint density at radius 3 is 2.75 bits per heavy atom. The summed E-state index contributed by atoms with van der Waals surface area (Å²) in [6.45, 7) is 2.00. The summed E-state index contributed by atoms with van der Waals surface area (Å²) >= 11 is 0. The molecule has 0 amide bonds. The Bertz CT molecular complexity index is 150. The first kappa shape index (κ1) is 5.37. The molecule has 1 saturated carbocycles. The molecular formula is C7H9N. The number of rotatable bonds is 0. The quantitative estimate of drug-likeness (QED) is 0.433. The third-order valence-corrected chi connectivity index (χ3v) is 1.70. The van der Waals surface area contributed by atoms with Gasteiger partial charge in [-0.1, -0.05) is 11.6 Å². The van der Waals surface area contributed by atoms with Crippen molar-refractivity contribution in [2.45, 2.75) is 19.8 Å². The van der Waals surface area contributed by atoms with Crippen molar-refractivity contribution in [1.29, 1.82) is 5.26 Å². The van der Waals surface area contributed by atoms with Crippen molar-refractivity contribution in [3.8, 4) is 6.07 Å². The van der Waals surface area contributed by atoms with Crippen LogP contribution < -0.4 is 0 Å². The summed E-state index contributed by atoms with van der Waals surface area (Å²) in [6.07, 6.45) is 4.28. The molecule has 0 radical (unpaired) electrons. The van der Waals surface area contributed by atoms with Crippen LogP contribution in [-0.4, -0.2) is 0 Å². The third kappa shape index (κ3) is 0.626. The lowest BCUT2D eigenvalue weighted by atomic mass is 9.80. The standard InChI is InChI=1S/C7H9N/c1-2-6-3-4-7(6)5-8/h2,7H,3-4H2,1H3/b6-2-. The highest BCUT2D eigenvalue weighted by molar-refractivity contribution is 5.21. The maximum absolute atomic E-state index is 8.40. The number of nitriles is 1. The van der Waals surface area contributed by atoms with E-state index in [4.69, 9.17) is 5.26 Å². The highest BCUT2D eigenvalue weighted by Gasteiger charge is 2.21. The van der Waals surface area contributed by atoms with Gasteiger partial charge in [-0.05, 0) is 19.8 Å². The van der Waals surface area contributed by atoms with E-state index in [1.165, 1.54) is 5.57 Å². The molecule has 0 aromatic heterocycles. The Labute approximate surface area is 49.6 Å². The summed E-state index contributed by atoms with van der Waals surface area (Å²) < 4.78 is 0. The second-order valence-corrected chi connectivity index (χ2v) is 2.08. The molecule has 1 fully saturated rings. The van der Waals surface area contributed by atoms with E-state index in [9.17, 15) is 0 Å². The first-order valence-corrected chi connectivity index (χ1v) is 2.93. The molecular weight excluding hydrogens is 98.1 g/mol. The van der Waals surface area contributed by atoms with Gasteiger partial charge < -0.3 is 0 Å². The minimum absolute atomic E-state index is 0.264. The fourth-order valence-corrected chi connectivity index (χ4v) is 0.948. The summed E-state index contributed by atoms with van der Waals surface area (Å²) in [5, 5.41) is 8.40. The number of nitrogens with zero attached hydrogens (tertiary/aromatic N) is 1. The molecule has 1 aliphatic rings. The highest BCUT2D eigenvalue weighted by atomic mass is 14.3. The van der Waals surface area contributed by atoms with Gasteiger partial charge in [-0.3, -0.25) is 0 Å². The zero-order chi connectivity index (χ0) is 5.98. The topological polar surface area (TPSA) is 23.8 Å². The summed E-state index contributed by atoms with van der Waals surface area (Å²) in [7, 11) is 0. The van der Waals surface area contributed by atoms with Crippen LogP contribution in [0.15, 0.2) is 11.6 Å². The largest absolute Gasteiger partial charge is 0.198 e. The third-order valence-electron chi connectivity index (χ3n) is 1.70. The van der Waals surface area contributed by atoms with E-state index < -0.39 is 0 Å². The lowest BCUT2D eigenvalue weighted by Gasteiger charge is -2.22. The molecule has 0 heterocycles. The van der Waals surface area contributed by atoms with Gasteiger partial charge in [0.05, 0.1) is 12.0 Å². The average Bonchev–Trinajstić information content (AvgIpc) is 1.66. The molecule has 0 aromatic carbocycles. The molecule has 0 spiro atoms. The fourth-order valence-electron chi connectivity index (χ4n) is 0.948. The van der Waals surface area contributed by atoms with Crippen LogP contribution in [-0.2, 0) is 0 Å². The van der Waals surface area contributed by atoms with Gasteiger partial charge in [0.15, 0.2) is 0 Å². The van der Waals surface area contributed by atoms with Crippen molar-refractivity contribution in [2.24, 2.45) is 5.92 Å². The van der Waals surface area contributed by atoms with E-state index >= 15 is 0 Å². The second kappa shape index (κ2) is 2.00. The Hall–Kier alpha value is -0.770. The molecule has 1 nitrogen and oxygen atoms in total. The van der Waals surface area contributed by atoms with Crippen LogP contribution in [0.4, 0.5) is 0 Å². The van der Waals surface area contributed by atoms with Gasteiger partial charge in [0.1, 0.15) is 0 Å². The van der Waals surface area contributed by atoms with E-state index in [0.29, 0.717) is 0 Å². The molecule has 8 heavy (non-hydrogen) atoms. The van der Waals surface area contributed by atoms with Crippen LogP contribution in [0.1, 0.15) is 19.8 Å². The number of allylic oxidation sites excluding steroid dienone is 2. The molecule has 1 aliphatic carbocycles. The molecule has 1 atom stereocenters. The summed E-state index contributed by atoms with van der Waals surface area (Å²) in [5.41, 5.74) is 1.33. The fraction of sp³-hybridized carbons (Fsp3) is 0.571. The SMILES string of the molecule is C/C=C1/CCC1C#N. The van der Waals surface area contributed by atoms with E-state index in [1.807, 2.05) is 6.92 Å². The van der Waals surface area contributed by atoms with E-state index in [2.05, 4.69) is 12.1 Å². The second-order valence-electron chi connectivity index (χ2n) is 2.08. The maximum atomic E-state index is 8.40. The minimum Gasteiger partial charge on any atom is -0.198 e. The van der Waals surface area contributed by atoms with E-state index in [0.717, 1.165) is 12.8 Å². The van der Waals surface area contributed by atoms with Gasteiger partial charge >= 0.3 is 0 Å². The van der Waals surface area contributed by atoms with Crippen molar-refractivity contribution < 1.29 is 0 Å². The van der Waals surface area contributed by atoms with Gasteiger partial charge in [-0.15, -0.1) is 0 Å². The van der Waals surface area contributed by atoms with Crippen molar-refractivity contribution in [1.82, 2.24) is 0 Å². The monoisotopic (exact) mass is 107 g/mol. The molecule has 0 aliphatic heterocycles. The van der Waals surface area contributed by atoms with Crippen molar-refractivity contribution >= 4 is 0 Å². The molecule has 1 unspecified atom stereocenters. The predicted molar refractivity (Wildman–Crippen MR) is 32.1 cm³/mol. The Morgan fingerprint density at radius 1 is 1.88 bits per heavy atom. The van der Waals surface area contributed by atoms with Gasteiger partial charge in [-0.25, -0.2) is 0 Å². The van der Waals surface area contributed by atoms with Gasteiger partial charge in [0, 0.05) is 0 Å². The van der Waals surface area contributed by atoms with Crippen LogP contribution >= 0.6 is 0 Å². The molecule has 1 rings (SSSR count). The first-order chi connectivity index (χ1) is 3.88. The number of hydrogen-bond acceptors (Lipinski definition) is 1. The summed E-state index contributed by atoms with van der Waals surface area (Å²) in [5.74, 6) is 0.264. The average molecular weight is 107 g/mol. The predicted octanol–water partition coefficient (Wildman–Crippen LogP) is 1.87.